The lowest BCUT2D eigenvalue weighted by Crippen LogP contribution is -2.00. The lowest BCUT2D eigenvalue weighted by atomic mass is 10.3. The molecule has 1 aromatic rings. The van der Waals surface area contributed by atoms with Gasteiger partial charge >= 0.3 is 5.97 Å². The Balaban J connectivity index is 3.23. The summed E-state index contributed by atoms with van der Waals surface area (Å²) in [5.41, 5.74) is 0.222. The van der Waals surface area contributed by atoms with E-state index in [1.165, 1.54) is 6.07 Å². The summed E-state index contributed by atoms with van der Waals surface area (Å²) in [6, 6.07) is 1.52. The molecule has 0 bridgehead atoms. The van der Waals surface area contributed by atoms with Crippen LogP contribution in [0.25, 0.3) is 0 Å². The van der Waals surface area contributed by atoms with E-state index in [0.29, 0.717) is 8.17 Å². The molecule has 11 heavy (non-hydrogen) atoms. The van der Waals surface area contributed by atoms with Crippen molar-refractivity contribution in [1.29, 1.82) is 0 Å². The van der Waals surface area contributed by atoms with Gasteiger partial charge in [-0.1, -0.05) is 0 Å². The van der Waals surface area contributed by atoms with E-state index in [0.717, 1.165) is 0 Å². The van der Waals surface area contributed by atoms with E-state index in [2.05, 4.69) is 20.9 Å². The maximum atomic E-state index is 10.5. The summed E-state index contributed by atoms with van der Waals surface area (Å²) in [7, 11) is 0. The van der Waals surface area contributed by atoms with Crippen molar-refractivity contribution in [2.45, 2.75) is 0 Å². The highest BCUT2D eigenvalue weighted by Crippen LogP contribution is 2.15. The summed E-state index contributed by atoms with van der Waals surface area (Å²) in [4.78, 5) is 14.4. The van der Waals surface area contributed by atoms with Crippen molar-refractivity contribution in [1.82, 2.24) is 4.98 Å². The van der Waals surface area contributed by atoms with Crippen molar-refractivity contribution in [2.24, 2.45) is 0 Å². The van der Waals surface area contributed by atoms with Gasteiger partial charge in [0.05, 0.1) is 5.56 Å². The quantitative estimate of drug-likeness (QED) is 0.635. The smallest absolute Gasteiger partial charge is 0.338 e. The fourth-order valence-corrected chi connectivity index (χ4v) is 1.43. The lowest BCUT2D eigenvalue weighted by Gasteiger charge is -1.96. The number of pyridine rings is 1. The molecule has 1 heterocycles. The van der Waals surface area contributed by atoms with Gasteiger partial charge in [0.25, 0.3) is 0 Å². The van der Waals surface area contributed by atoms with Crippen molar-refractivity contribution < 1.29 is 9.90 Å². The predicted octanol–water partition coefficient (Wildman–Crippen LogP) is 2.15. The van der Waals surface area contributed by atoms with Crippen LogP contribution in [0.15, 0.2) is 16.7 Å². The topological polar surface area (TPSA) is 50.2 Å². The van der Waals surface area contributed by atoms with Crippen LogP contribution in [0.1, 0.15) is 10.4 Å². The van der Waals surface area contributed by atoms with Crippen LogP contribution in [-0.2, 0) is 0 Å². The number of carboxylic acid groups (broad SMARTS) is 1. The Bertz CT molecular complexity index is 303. The van der Waals surface area contributed by atoms with Gasteiger partial charge in [-0.3, -0.25) is 0 Å². The molecule has 0 saturated heterocycles. The minimum atomic E-state index is -0.955. The van der Waals surface area contributed by atoms with Crippen LogP contribution < -0.4 is 0 Å². The van der Waals surface area contributed by atoms with Gasteiger partial charge in [0, 0.05) is 10.7 Å². The molecular weight excluding hydrogens is 325 g/mol. The number of hydrogen-bond donors (Lipinski definition) is 1. The minimum Gasteiger partial charge on any atom is -0.478 e. The number of nitrogens with zero attached hydrogens (tertiary/aromatic N) is 1. The number of carbonyl (C=O) groups is 1. The normalized spacial score (nSPS) is 9.64. The van der Waals surface area contributed by atoms with Gasteiger partial charge in [-0.2, -0.15) is 0 Å². The van der Waals surface area contributed by atoms with E-state index in [1.807, 2.05) is 22.6 Å². The second-order valence-corrected chi connectivity index (χ2v) is 3.73. The van der Waals surface area contributed by atoms with Crippen LogP contribution in [0.4, 0.5) is 0 Å². The lowest BCUT2D eigenvalue weighted by molar-refractivity contribution is 0.0695. The van der Waals surface area contributed by atoms with Crippen LogP contribution >= 0.6 is 38.5 Å². The third-order valence-corrected chi connectivity index (χ3v) is 2.33. The van der Waals surface area contributed by atoms with Crippen LogP contribution in [0.5, 0.6) is 0 Å². The standard InChI is InChI=1S/C6H3BrINO2/c7-3-1-4(6(10)11)5(8)9-2-3/h1-2H,(H,10,11). The fraction of sp³-hybridized carbons (Fsp3) is 0. The molecule has 1 N–H and O–H groups in total. The first-order valence-corrected chi connectivity index (χ1v) is 4.53. The molecule has 0 radical (unpaired) electrons. The number of hydrogen-bond acceptors (Lipinski definition) is 2. The van der Waals surface area contributed by atoms with Gasteiger partial charge in [-0.25, -0.2) is 9.78 Å². The first kappa shape index (κ1) is 8.92. The molecule has 0 atom stereocenters. The van der Waals surface area contributed by atoms with E-state index < -0.39 is 5.97 Å². The van der Waals surface area contributed by atoms with Gasteiger partial charge in [0.15, 0.2) is 0 Å². The highest BCUT2D eigenvalue weighted by molar-refractivity contribution is 14.1. The first-order valence-electron chi connectivity index (χ1n) is 2.65. The number of carboxylic acids is 1. The van der Waals surface area contributed by atoms with Gasteiger partial charge in [0.2, 0.25) is 0 Å². The first-order chi connectivity index (χ1) is 5.11. The Labute approximate surface area is 85.1 Å². The third-order valence-electron chi connectivity index (χ3n) is 1.04. The zero-order chi connectivity index (χ0) is 8.43. The SMILES string of the molecule is O=C(O)c1cc(Br)cnc1I. The van der Waals surface area contributed by atoms with E-state index >= 15 is 0 Å². The van der Waals surface area contributed by atoms with Crippen LogP contribution in [0.2, 0.25) is 0 Å². The summed E-state index contributed by atoms with van der Waals surface area (Å²) in [5.74, 6) is -0.955. The Morgan fingerprint density at radius 1 is 1.73 bits per heavy atom. The van der Waals surface area contributed by atoms with Gasteiger partial charge in [0.1, 0.15) is 3.70 Å². The molecule has 1 aromatic heterocycles. The second-order valence-electron chi connectivity index (χ2n) is 1.80. The molecule has 0 amide bonds. The fourth-order valence-electron chi connectivity index (χ4n) is 0.573. The zero-order valence-corrected chi connectivity index (χ0v) is 8.96. The highest BCUT2D eigenvalue weighted by atomic mass is 127. The number of aromatic carboxylic acids is 1. The van der Waals surface area contributed by atoms with Crippen molar-refractivity contribution in [2.75, 3.05) is 0 Å². The molecule has 0 spiro atoms. The van der Waals surface area contributed by atoms with E-state index in [1.54, 1.807) is 6.20 Å². The summed E-state index contributed by atoms with van der Waals surface area (Å²) >= 11 is 5.01. The number of rotatable bonds is 1. The Kier molecular flexibility index (Phi) is 2.83. The molecule has 0 fully saturated rings. The Morgan fingerprint density at radius 3 is 2.82 bits per heavy atom. The zero-order valence-electron chi connectivity index (χ0n) is 5.21. The van der Waals surface area contributed by atoms with Gasteiger partial charge < -0.3 is 5.11 Å². The molecule has 0 aliphatic heterocycles. The largest absolute Gasteiger partial charge is 0.478 e. The third kappa shape index (κ3) is 2.13. The highest BCUT2D eigenvalue weighted by Gasteiger charge is 2.08. The Hall–Kier alpha value is -0.170. The molecule has 0 saturated carbocycles. The second kappa shape index (κ2) is 3.48. The average molecular weight is 328 g/mol. The monoisotopic (exact) mass is 327 g/mol. The van der Waals surface area contributed by atoms with Crippen molar-refractivity contribution in [3.05, 3.63) is 26.0 Å². The summed E-state index contributed by atoms with van der Waals surface area (Å²) < 4.78 is 1.17. The molecular formula is C6H3BrINO2. The van der Waals surface area contributed by atoms with Gasteiger partial charge in [-0.15, -0.1) is 0 Å². The molecule has 0 aromatic carbocycles. The van der Waals surface area contributed by atoms with Gasteiger partial charge in [-0.05, 0) is 44.6 Å². The number of halogens is 2. The molecule has 1 rings (SSSR count). The van der Waals surface area contributed by atoms with Crippen LogP contribution in [-0.4, -0.2) is 16.1 Å². The molecule has 5 heteroatoms. The predicted molar refractivity (Wildman–Crippen MR) is 51.6 cm³/mol. The summed E-state index contributed by atoms with van der Waals surface area (Å²) in [6.45, 7) is 0. The Morgan fingerprint density at radius 2 is 2.36 bits per heavy atom. The van der Waals surface area contributed by atoms with E-state index in [9.17, 15) is 4.79 Å². The molecule has 58 valence electrons. The van der Waals surface area contributed by atoms with E-state index in [-0.39, 0.29) is 5.56 Å². The average Bonchev–Trinajstić information content (AvgIpc) is 1.94. The maximum absolute atomic E-state index is 10.5. The minimum absolute atomic E-state index is 0.222. The maximum Gasteiger partial charge on any atom is 0.338 e. The summed E-state index contributed by atoms with van der Waals surface area (Å²) in [6.07, 6.45) is 1.56. The van der Waals surface area contributed by atoms with Crippen LogP contribution in [0, 0.1) is 3.70 Å². The molecule has 0 aliphatic carbocycles. The van der Waals surface area contributed by atoms with Crippen molar-refractivity contribution in [3.8, 4) is 0 Å². The van der Waals surface area contributed by atoms with E-state index in [4.69, 9.17) is 5.11 Å². The van der Waals surface area contributed by atoms with Crippen molar-refractivity contribution in [3.63, 3.8) is 0 Å². The molecule has 3 nitrogen and oxygen atoms in total. The number of aromatic nitrogens is 1. The molecule has 0 unspecified atom stereocenters. The van der Waals surface area contributed by atoms with Crippen LogP contribution in [0.3, 0.4) is 0 Å². The van der Waals surface area contributed by atoms with Crippen molar-refractivity contribution >= 4 is 44.5 Å². The molecule has 0 aliphatic rings. The summed E-state index contributed by atoms with van der Waals surface area (Å²) in [5, 5.41) is 8.62.